The van der Waals surface area contributed by atoms with Gasteiger partial charge in [-0.25, -0.2) is 4.79 Å². The van der Waals surface area contributed by atoms with Crippen LogP contribution in [0, 0.1) is 0 Å². The van der Waals surface area contributed by atoms with E-state index in [1.165, 1.54) is 13.8 Å². The second kappa shape index (κ2) is 3.37. The summed E-state index contributed by atoms with van der Waals surface area (Å²) in [6.07, 6.45) is 0.559. The fourth-order valence-electron chi connectivity index (χ4n) is 0.902. The highest BCUT2D eigenvalue weighted by atomic mass is 32.2. The van der Waals surface area contributed by atoms with E-state index in [-0.39, 0.29) is 0 Å². The molecular weight excluding hydrogens is 253 g/mol. The van der Waals surface area contributed by atoms with Crippen LogP contribution in [0.1, 0.15) is 13.8 Å². The number of hydrogen-bond acceptors (Lipinski definition) is 5. The van der Waals surface area contributed by atoms with Gasteiger partial charge >= 0.3 is 21.6 Å². The van der Waals surface area contributed by atoms with E-state index in [1.54, 1.807) is 0 Å². The highest BCUT2D eigenvalue weighted by Gasteiger charge is 2.51. The lowest BCUT2D eigenvalue weighted by atomic mass is 10.1. The molecule has 0 atom stereocenters. The summed E-state index contributed by atoms with van der Waals surface area (Å²) in [5, 5.41) is 0. The van der Waals surface area contributed by atoms with Crippen LogP contribution in [0.2, 0.25) is 0 Å². The lowest BCUT2D eigenvalue weighted by Crippen LogP contribution is -2.31. The van der Waals surface area contributed by atoms with E-state index < -0.39 is 33.0 Å². The molecule has 0 fully saturated rings. The van der Waals surface area contributed by atoms with Gasteiger partial charge in [-0.15, -0.1) is 0 Å². The van der Waals surface area contributed by atoms with Crippen LogP contribution in [0.25, 0.3) is 0 Å². The highest BCUT2D eigenvalue weighted by molar-refractivity contribution is 7.87. The van der Waals surface area contributed by atoms with Crippen molar-refractivity contribution in [3.05, 3.63) is 11.8 Å². The van der Waals surface area contributed by atoms with E-state index in [0.717, 1.165) is 0 Å². The molecule has 0 aromatic carbocycles. The third kappa shape index (κ3) is 2.29. The number of cyclic esters (lactones) is 1. The van der Waals surface area contributed by atoms with E-state index in [4.69, 9.17) is 0 Å². The second-order valence-corrected chi connectivity index (χ2v) is 4.96. The summed E-state index contributed by atoms with van der Waals surface area (Å²) in [5.74, 6) is -1.66. The molecule has 1 rings (SSSR count). The molecule has 0 aromatic rings. The Morgan fingerprint density at radius 1 is 1.38 bits per heavy atom. The minimum absolute atomic E-state index is 0.559. The first-order chi connectivity index (χ1) is 6.96. The smallest absolute Gasteiger partial charge is 0.448 e. The molecule has 0 aromatic heterocycles. The molecule has 0 amide bonds. The molecule has 0 N–H and O–H groups in total. The van der Waals surface area contributed by atoms with E-state index in [0.29, 0.717) is 6.08 Å². The van der Waals surface area contributed by atoms with Gasteiger partial charge in [-0.3, -0.25) is 0 Å². The van der Waals surface area contributed by atoms with E-state index >= 15 is 0 Å². The van der Waals surface area contributed by atoms with Crippen molar-refractivity contribution in [2.75, 3.05) is 0 Å². The molecule has 16 heavy (non-hydrogen) atoms. The summed E-state index contributed by atoms with van der Waals surface area (Å²) < 4.78 is 65.5. The second-order valence-electron chi connectivity index (χ2n) is 3.42. The highest BCUT2D eigenvalue weighted by Crippen LogP contribution is 2.34. The Morgan fingerprint density at radius 2 is 1.88 bits per heavy atom. The number of halogens is 3. The van der Waals surface area contributed by atoms with Gasteiger partial charge in [0.1, 0.15) is 0 Å². The zero-order valence-electron chi connectivity index (χ0n) is 8.16. The normalized spacial score (nSPS) is 20.3. The molecule has 1 aliphatic rings. The minimum atomic E-state index is -5.78. The summed E-state index contributed by atoms with van der Waals surface area (Å²) in [7, 11) is -5.78. The maximum Gasteiger partial charge on any atom is 0.534 e. The van der Waals surface area contributed by atoms with Crippen molar-refractivity contribution in [1.29, 1.82) is 0 Å². The van der Waals surface area contributed by atoms with Crippen LogP contribution >= 0.6 is 0 Å². The number of esters is 1. The zero-order chi connectivity index (χ0) is 12.8. The molecule has 0 saturated carbocycles. The SMILES string of the molecule is CC1(C)OC(=O)C=C1OS(=O)(=O)C(F)(F)F. The Hall–Kier alpha value is -1.25. The van der Waals surface area contributed by atoms with Gasteiger partial charge in [-0.1, -0.05) is 0 Å². The average molecular weight is 260 g/mol. The summed E-state index contributed by atoms with van der Waals surface area (Å²) in [4.78, 5) is 10.7. The number of alkyl halides is 3. The van der Waals surface area contributed by atoms with Crippen molar-refractivity contribution in [3.8, 4) is 0 Å². The largest absolute Gasteiger partial charge is 0.534 e. The average Bonchev–Trinajstić information content (AvgIpc) is 2.20. The standard InChI is InChI=1S/C7H7F3O5S/c1-6(2)4(3-5(11)14-6)15-16(12,13)7(8,9)10/h3H,1-2H3. The Balaban J connectivity index is 3.01. The van der Waals surface area contributed by atoms with Crippen molar-refractivity contribution in [2.45, 2.75) is 25.0 Å². The molecule has 0 radical (unpaired) electrons. The van der Waals surface area contributed by atoms with Gasteiger partial charge in [0.2, 0.25) is 0 Å². The molecule has 0 saturated heterocycles. The summed E-state index contributed by atoms with van der Waals surface area (Å²) >= 11 is 0. The topological polar surface area (TPSA) is 69.7 Å². The van der Waals surface area contributed by atoms with Crippen LogP contribution in [0.5, 0.6) is 0 Å². The van der Waals surface area contributed by atoms with E-state index in [9.17, 15) is 26.4 Å². The van der Waals surface area contributed by atoms with Crippen LogP contribution in [-0.4, -0.2) is 25.5 Å². The van der Waals surface area contributed by atoms with E-state index in [2.05, 4.69) is 8.92 Å². The van der Waals surface area contributed by atoms with Gasteiger partial charge in [0.05, 0.1) is 6.08 Å². The summed E-state index contributed by atoms with van der Waals surface area (Å²) in [6, 6.07) is 0. The van der Waals surface area contributed by atoms with Crippen molar-refractivity contribution in [1.82, 2.24) is 0 Å². The molecule has 1 aliphatic heterocycles. The van der Waals surface area contributed by atoms with Crippen LogP contribution in [-0.2, 0) is 23.8 Å². The maximum absolute atomic E-state index is 12.0. The number of carbonyl (C=O) groups is 1. The van der Waals surface area contributed by atoms with Gasteiger partial charge in [0.15, 0.2) is 11.4 Å². The lowest BCUT2D eigenvalue weighted by molar-refractivity contribution is -0.144. The predicted octanol–water partition coefficient (Wildman–Crippen LogP) is 1.07. The molecule has 0 spiro atoms. The third-order valence-corrected chi connectivity index (χ3v) is 2.65. The lowest BCUT2D eigenvalue weighted by Gasteiger charge is -2.21. The monoisotopic (exact) mass is 260 g/mol. The van der Waals surface area contributed by atoms with Crippen LogP contribution in [0.4, 0.5) is 13.2 Å². The van der Waals surface area contributed by atoms with Crippen LogP contribution in [0.3, 0.4) is 0 Å². The van der Waals surface area contributed by atoms with Gasteiger partial charge < -0.3 is 8.92 Å². The molecule has 0 aliphatic carbocycles. The Kier molecular flexibility index (Phi) is 2.70. The summed E-state index contributed by atoms with van der Waals surface area (Å²) in [5.41, 5.74) is -7.08. The molecule has 5 nitrogen and oxygen atoms in total. The van der Waals surface area contributed by atoms with Crippen LogP contribution in [0.15, 0.2) is 11.8 Å². The molecule has 1 heterocycles. The predicted molar refractivity (Wildman–Crippen MR) is 44.3 cm³/mol. The van der Waals surface area contributed by atoms with Crippen molar-refractivity contribution in [3.63, 3.8) is 0 Å². The van der Waals surface area contributed by atoms with Crippen molar-refractivity contribution >= 4 is 16.1 Å². The molecule has 0 unspecified atom stereocenters. The van der Waals surface area contributed by atoms with Crippen molar-refractivity contribution < 1.29 is 35.3 Å². The Bertz CT molecular complexity index is 445. The maximum atomic E-state index is 12.0. The van der Waals surface area contributed by atoms with Gasteiger partial charge in [-0.05, 0) is 13.8 Å². The number of hydrogen-bond donors (Lipinski definition) is 0. The molecule has 9 heteroatoms. The Labute approximate surface area is 89.0 Å². The summed E-state index contributed by atoms with van der Waals surface area (Å²) in [6.45, 7) is 2.41. The molecule has 92 valence electrons. The number of rotatable bonds is 2. The third-order valence-electron chi connectivity index (χ3n) is 1.68. The van der Waals surface area contributed by atoms with E-state index in [1.807, 2.05) is 0 Å². The number of ether oxygens (including phenoxy) is 1. The molecule has 0 bridgehead atoms. The number of carbonyl (C=O) groups excluding carboxylic acids is 1. The fraction of sp³-hybridized carbons (Fsp3) is 0.571. The van der Waals surface area contributed by atoms with Gasteiger partial charge in [0, 0.05) is 0 Å². The van der Waals surface area contributed by atoms with Crippen LogP contribution < -0.4 is 0 Å². The first-order valence-corrected chi connectivity index (χ1v) is 5.32. The Morgan fingerprint density at radius 3 is 2.19 bits per heavy atom. The quantitative estimate of drug-likeness (QED) is 0.422. The van der Waals surface area contributed by atoms with Crippen molar-refractivity contribution in [2.24, 2.45) is 0 Å². The van der Waals surface area contributed by atoms with Gasteiger partial charge in [-0.2, -0.15) is 21.6 Å². The minimum Gasteiger partial charge on any atom is -0.448 e. The molecular formula is C7H7F3O5S. The first-order valence-electron chi connectivity index (χ1n) is 3.91. The first kappa shape index (κ1) is 12.8. The fourth-order valence-corrected chi connectivity index (χ4v) is 1.48. The van der Waals surface area contributed by atoms with Gasteiger partial charge in [0.25, 0.3) is 0 Å². The zero-order valence-corrected chi connectivity index (χ0v) is 8.98.